The molecule has 0 bridgehead atoms. The average Bonchev–Trinajstić information content (AvgIpc) is 3.33. The largest absolute Gasteiger partial charge is 0.356 e. The zero-order valence-electron chi connectivity index (χ0n) is 14.1. The Morgan fingerprint density at radius 3 is 2.76 bits per heavy atom. The maximum absolute atomic E-state index is 11.5. The number of carbonyl (C=O) groups excluding carboxylic acids is 2. The molecule has 0 unspecified atom stereocenters. The number of amides is 3. The van der Waals surface area contributed by atoms with Crippen LogP contribution >= 0.6 is 15.9 Å². The van der Waals surface area contributed by atoms with Crippen LogP contribution in [0.5, 0.6) is 0 Å². The molecule has 1 aliphatic carbocycles. The number of hydrogen-bond donors (Lipinski definition) is 3. The van der Waals surface area contributed by atoms with E-state index >= 15 is 0 Å². The van der Waals surface area contributed by atoms with Crippen molar-refractivity contribution in [1.29, 1.82) is 0 Å². The molecule has 3 N–H and O–H groups in total. The first kappa shape index (κ1) is 17.7. The van der Waals surface area contributed by atoms with Crippen molar-refractivity contribution in [2.24, 2.45) is 4.99 Å². The molecular formula is C17H22BrN5O2. The molecule has 1 aromatic carbocycles. The summed E-state index contributed by atoms with van der Waals surface area (Å²) in [6.45, 7) is 1.66. The van der Waals surface area contributed by atoms with Crippen molar-refractivity contribution in [3.63, 3.8) is 0 Å². The number of hydrogen-bond acceptors (Lipinski definition) is 3. The van der Waals surface area contributed by atoms with Crippen LogP contribution in [0.2, 0.25) is 0 Å². The number of halogens is 1. The number of nitrogens with one attached hydrogen (secondary N) is 3. The number of imide groups is 1. The zero-order chi connectivity index (χ0) is 17.9. The molecule has 2 aliphatic rings. The smallest absolute Gasteiger partial charge is 0.324 e. The van der Waals surface area contributed by atoms with E-state index in [-0.39, 0.29) is 23.9 Å². The van der Waals surface area contributed by atoms with Crippen molar-refractivity contribution in [1.82, 2.24) is 20.9 Å². The molecule has 0 radical (unpaired) electrons. The van der Waals surface area contributed by atoms with Crippen LogP contribution in [0.1, 0.15) is 18.4 Å². The minimum absolute atomic E-state index is 0.0843. The van der Waals surface area contributed by atoms with Gasteiger partial charge in [-0.15, -0.1) is 0 Å². The van der Waals surface area contributed by atoms with E-state index in [2.05, 4.69) is 55.1 Å². The van der Waals surface area contributed by atoms with Crippen LogP contribution in [0, 0.1) is 0 Å². The lowest BCUT2D eigenvalue weighted by atomic mass is 9.96. The number of benzene rings is 1. The molecule has 0 aromatic heterocycles. The molecule has 3 rings (SSSR count). The number of carbonyl (C=O) groups is 2. The third-order valence-electron chi connectivity index (χ3n) is 4.67. The third-order valence-corrected chi connectivity index (χ3v) is 5.17. The normalized spacial score (nSPS) is 19.0. The predicted octanol–water partition coefficient (Wildman–Crippen LogP) is 1.20. The van der Waals surface area contributed by atoms with Crippen LogP contribution in [-0.4, -0.2) is 56.0 Å². The quantitative estimate of drug-likeness (QED) is 0.375. The van der Waals surface area contributed by atoms with Crippen molar-refractivity contribution in [2.75, 3.05) is 33.2 Å². The van der Waals surface area contributed by atoms with Crippen molar-refractivity contribution >= 4 is 33.8 Å². The highest BCUT2D eigenvalue weighted by molar-refractivity contribution is 9.10. The topological polar surface area (TPSA) is 85.8 Å². The second-order valence-corrected chi connectivity index (χ2v) is 7.26. The Balaban J connectivity index is 1.48. The number of guanidine groups is 1. The third kappa shape index (κ3) is 4.12. The lowest BCUT2D eigenvalue weighted by molar-refractivity contribution is -0.124. The maximum Gasteiger partial charge on any atom is 0.324 e. The van der Waals surface area contributed by atoms with Gasteiger partial charge in [0.15, 0.2) is 5.96 Å². The van der Waals surface area contributed by atoms with Gasteiger partial charge in [0, 0.05) is 36.6 Å². The monoisotopic (exact) mass is 407 g/mol. The molecule has 7 nitrogen and oxygen atoms in total. The summed E-state index contributed by atoms with van der Waals surface area (Å²) in [5.41, 5.74) is 1.48. The molecule has 0 atom stereocenters. The van der Waals surface area contributed by atoms with Crippen LogP contribution in [0.25, 0.3) is 0 Å². The fourth-order valence-electron chi connectivity index (χ4n) is 2.98. The molecule has 1 aromatic rings. The molecule has 1 aliphatic heterocycles. The second-order valence-electron chi connectivity index (χ2n) is 6.35. The van der Waals surface area contributed by atoms with Crippen LogP contribution in [-0.2, 0) is 10.2 Å². The summed E-state index contributed by atoms with van der Waals surface area (Å²) in [6.07, 6.45) is 2.30. The van der Waals surface area contributed by atoms with E-state index in [9.17, 15) is 9.59 Å². The van der Waals surface area contributed by atoms with Gasteiger partial charge in [0.1, 0.15) is 0 Å². The number of aliphatic imine (C=N–C) groups is 1. The summed E-state index contributed by atoms with van der Waals surface area (Å²) in [7, 11) is 1.71. The molecule has 1 heterocycles. The van der Waals surface area contributed by atoms with E-state index in [1.165, 1.54) is 10.5 Å². The fraction of sp³-hybridized carbons (Fsp3) is 0.471. The highest BCUT2D eigenvalue weighted by Crippen LogP contribution is 2.48. The molecule has 3 amide bonds. The van der Waals surface area contributed by atoms with Gasteiger partial charge in [-0.25, -0.2) is 4.79 Å². The SMILES string of the molecule is CN=C(NCCN1C(=O)CNC1=O)NCC1(c2cccc(Br)c2)CC1. The van der Waals surface area contributed by atoms with E-state index in [0.717, 1.165) is 23.9 Å². The summed E-state index contributed by atoms with van der Waals surface area (Å²) in [4.78, 5) is 28.5. The Kier molecular flexibility index (Phi) is 5.27. The molecule has 1 saturated heterocycles. The Morgan fingerprint density at radius 1 is 1.36 bits per heavy atom. The number of nitrogens with zero attached hydrogens (tertiary/aromatic N) is 2. The summed E-state index contributed by atoms with van der Waals surface area (Å²) >= 11 is 3.53. The van der Waals surface area contributed by atoms with Gasteiger partial charge in [-0.3, -0.25) is 14.7 Å². The summed E-state index contributed by atoms with van der Waals surface area (Å²) in [6, 6.07) is 8.09. The second kappa shape index (κ2) is 7.43. The van der Waals surface area contributed by atoms with Crippen molar-refractivity contribution < 1.29 is 9.59 Å². The van der Waals surface area contributed by atoms with Crippen molar-refractivity contribution in [3.8, 4) is 0 Å². The zero-order valence-corrected chi connectivity index (χ0v) is 15.7. The van der Waals surface area contributed by atoms with Crippen molar-refractivity contribution in [2.45, 2.75) is 18.3 Å². The fourth-order valence-corrected chi connectivity index (χ4v) is 3.38. The summed E-state index contributed by atoms with van der Waals surface area (Å²) < 4.78 is 1.09. The van der Waals surface area contributed by atoms with Crippen LogP contribution < -0.4 is 16.0 Å². The van der Waals surface area contributed by atoms with Crippen LogP contribution in [0.15, 0.2) is 33.7 Å². The van der Waals surface area contributed by atoms with Gasteiger partial charge in [-0.05, 0) is 30.5 Å². The van der Waals surface area contributed by atoms with E-state index in [4.69, 9.17) is 0 Å². The standard InChI is InChI=1S/C17H22BrN5O2/c1-19-15(20-7-8-23-14(24)10-21-16(23)25)22-11-17(5-6-17)12-3-2-4-13(18)9-12/h2-4,9H,5-8,10-11H2,1H3,(H,21,25)(H2,19,20,22). The summed E-state index contributed by atoms with van der Waals surface area (Å²) in [5, 5.41) is 9.02. The highest BCUT2D eigenvalue weighted by atomic mass is 79.9. The van der Waals surface area contributed by atoms with E-state index in [1.54, 1.807) is 7.05 Å². The minimum Gasteiger partial charge on any atom is -0.356 e. The lowest BCUT2D eigenvalue weighted by Gasteiger charge is -2.20. The first-order valence-corrected chi connectivity index (χ1v) is 9.12. The number of rotatable bonds is 6. The average molecular weight is 408 g/mol. The minimum atomic E-state index is -0.332. The Bertz CT molecular complexity index is 686. The van der Waals surface area contributed by atoms with Crippen LogP contribution in [0.3, 0.4) is 0 Å². The van der Waals surface area contributed by atoms with Gasteiger partial charge >= 0.3 is 6.03 Å². The van der Waals surface area contributed by atoms with Gasteiger partial charge < -0.3 is 16.0 Å². The Hall–Kier alpha value is -2.09. The molecule has 0 spiro atoms. The van der Waals surface area contributed by atoms with Gasteiger partial charge in [0.25, 0.3) is 0 Å². The van der Waals surface area contributed by atoms with E-state index in [1.807, 2.05) is 6.07 Å². The van der Waals surface area contributed by atoms with Gasteiger partial charge in [-0.1, -0.05) is 28.1 Å². The molecule has 134 valence electrons. The summed E-state index contributed by atoms with van der Waals surface area (Å²) in [5.74, 6) is 0.481. The van der Waals surface area contributed by atoms with Crippen molar-refractivity contribution in [3.05, 3.63) is 34.3 Å². The highest BCUT2D eigenvalue weighted by Gasteiger charge is 2.44. The maximum atomic E-state index is 11.5. The Labute approximate surface area is 155 Å². The molecule has 2 fully saturated rings. The lowest BCUT2D eigenvalue weighted by Crippen LogP contribution is -2.45. The van der Waals surface area contributed by atoms with E-state index in [0.29, 0.717) is 19.0 Å². The number of urea groups is 1. The first-order chi connectivity index (χ1) is 12.0. The predicted molar refractivity (Wildman–Crippen MR) is 99.5 cm³/mol. The first-order valence-electron chi connectivity index (χ1n) is 8.33. The van der Waals surface area contributed by atoms with Gasteiger partial charge in [-0.2, -0.15) is 0 Å². The van der Waals surface area contributed by atoms with Gasteiger partial charge in [0.2, 0.25) is 5.91 Å². The van der Waals surface area contributed by atoms with Crippen LogP contribution in [0.4, 0.5) is 4.79 Å². The molecule has 1 saturated carbocycles. The molecular weight excluding hydrogens is 386 g/mol. The Morgan fingerprint density at radius 2 is 2.16 bits per heavy atom. The van der Waals surface area contributed by atoms with Gasteiger partial charge in [0.05, 0.1) is 6.54 Å². The van der Waals surface area contributed by atoms with E-state index < -0.39 is 0 Å². The molecule has 25 heavy (non-hydrogen) atoms. The molecule has 8 heteroatoms.